The van der Waals surface area contributed by atoms with Crippen LogP contribution in [0.15, 0.2) is 49.2 Å². The number of carbonyl (C=O) groups is 1. The fraction of sp³-hybridized carbons (Fsp3) is 0.133. The first-order valence-corrected chi connectivity index (χ1v) is 6.54. The monoisotopic (exact) mass is 289 g/mol. The molecule has 20 heavy (non-hydrogen) atoms. The van der Waals surface area contributed by atoms with E-state index in [-0.39, 0.29) is 5.91 Å². The van der Waals surface area contributed by atoms with Gasteiger partial charge in [-0.25, -0.2) is 0 Å². The lowest BCUT2D eigenvalue weighted by molar-refractivity contribution is -0.121. The molecule has 0 fully saturated rings. The second-order valence-electron chi connectivity index (χ2n) is 4.45. The zero-order chi connectivity index (χ0) is 14.5. The van der Waals surface area contributed by atoms with Gasteiger partial charge in [0.15, 0.2) is 0 Å². The van der Waals surface area contributed by atoms with E-state index in [1.54, 1.807) is 12.1 Å². The molecule has 2 aromatic rings. The Morgan fingerprint density at radius 3 is 2.55 bits per heavy atom. The molecule has 0 spiro atoms. The Bertz CT molecular complexity index is 616. The van der Waals surface area contributed by atoms with Gasteiger partial charge in [0.05, 0.1) is 12.1 Å². The molecule has 1 amide bonds. The summed E-state index contributed by atoms with van der Waals surface area (Å²) >= 11 is 5.82. The summed E-state index contributed by atoms with van der Waals surface area (Å²) in [6, 6.07) is 11.0. The number of hydrogen-bond donors (Lipinski definition) is 2. The van der Waals surface area contributed by atoms with Crippen molar-refractivity contribution in [1.29, 1.82) is 0 Å². The van der Waals surface area contributed by atoms with E-state index in [0.29, 0.717) is 17.1 Å². The van der Waals surface area contributed by atoms with Gasteiger partial charge in [-0.05, 0) is 29.8 Å². The number of nitrogens with one attached hydrogen (secondary N) is 2. The largest absolute Gasteiger partial charge is 0.354 e. The Hall–Kier alpha value is -2.20. The first-order chi connectivity index (χ1) is 9.56. The summed E-state index contributed by atoms with van der Waals surface area (Å²) in [6.45, 7) is 3.87. The normalized spacial score (nSPS) is 10.1. The van der Waals surface area contributed by atoms with Crippen LogP contribution in [0.3, 0.4) is 0 Å². The molecule has 0 radical (unpaired) electrons. The minimum atomic E-state index is -0.123. The summed E-state index contributed by atoms with van der Waals surface area (Å²) < 4.78 is 1.91. The third-order valence-corrected chi connectivity index (χ3v) is 3.19. The highest BCUT2D eigenvalue weighted by atomic mass is 35.5. The number of benzene rings is 1. The summed E-state index contributed by atoms with van der Waals surface area (Å²) in [5, 5.41) is 0.661. The zero-order valence-electron chi connectivity index (χ0n) is 11.2. The maximum atomic E-state index is 11.8. The molecule has 0 aliphatic heterocycles. The molecule has 1 aromatic carbocycles. The highest BCUT2D eigenvalue weighted by Crippen LogP contribution is 2.13. The molecule has 2 rings (SSSR count). The molecule has 4 nitrogen and oxygen atoms in total. The van der Waals surface area contributed by atoms with Crippen molar-refractivity contribution in [3.63, 3.8) is 0 Å². The number of aryl methyl sites for hydroxylation is 1. The number of hydrogen-bond acceptors (Lipinski definition) is 2. The van der Waals surface area contributed by atoms with Gasteiger partial charge in [-0.1, -0.05) is 30.3 Å². The van der Waals surface area contributed by atoms with Gasteiger partial charge >= 0.3 is 0 Å². The Kier molecular flexibility index (Phi) is 4.48. The fourth-order valence-corrected chi connectivity index (χ4v) is 1.88. The molecule has 5 heteroatoms. The molecule has 0 saturated heterocycles. The molecule has 0 bridgehead atoms. The van der Waals surface area contributed by atoms with Gasteiger partial charge in [0, 0.05) is 24.0 Å². The van der Waals surface area contributed by atoms with Crippen molar-refractivity contribution < 1.29 is 4.79 Å². The molecule has 0 saturated carbocycles. The van der Waals surface area contributed by atoms with Crippen LogP contribution >= 0.6 is 11.6 Å². The third kappa shape index (κ3) is 3.65. The topological polar surface area (TPSA) is 46.1 Å². The van der Waals surface area contributed by atoms with Gasteiger partial charge in [0.25, 0.3) is 0 Å². The number of hydrazine groups is 1. The molecule has 2 N–H and O–H groups in total. The smallest absolute Gasteiger partial charge is 0.244 e. The van der Waals surface area contributed by atoms with E-state index in [0.717, 1.165) is 11.3 Å². The van der Waals surface area contributed by atoms with Crippen LogP contribution in [0.1, 0.15) is 11.3 Å². The Labute approximate surface area is 123 Å². The Balaban J connectivity index is 1.85. The van der Waals surface area contributed by atoms with Crippen molar-refractivity contribution >= 4 is 23.2 Å². The molecular formula is C15H16ClN3O. The summed E-state index contributed by atoms with van der Waals surface area (Å²) in [5.41, 5.74) is 7.86. The van der Waals surface area contributed by atoms with E-state index in [9.17, 15) is 4.79 Å². The number of carbonyl (C=O) groups excluding carboxylic acids is 1. The van der Waals surface area contributed by atoms with E-state index in [4.69, 9.17) is 11.6 Å². The van der Waals surface area contributed by atoms with Crippen molar-refractivity contribution in [2.24, 2.45) is 7.05 Å². The minimum Gasteiger partial charge on any atom is -0.354 e. The number of rotatable bonds is 5. The van der Waals surface area contributed by atoms with E-state index in [1.165, 1.54) is 0 Å². The lowest BCUT2D eigenvalue weighted by atomic mass is 10.2. The van der Waals surface area contributed by atoms with Crippen LogP contribution in [0, 0.1) is 0 Å². The van der Waals surface area contributed by atoms with E-state index in [2.05, 4.69) is 17.4 Å². The Morgan fingerprint density at radius 1 is 1.25 bits per heavy atom. The number of halogens is 1. The van der Waals surface area contributed by atoms with Crippen LogP contribution in [0.4, 0.5) is 0 Å². The maximum absolute atomic E-state index is 11.8. The standard InChI is InChI=1S/C15H16ClN3O/c1-11(12-5-7-13(16)8-6-12)17-18-15(20)10-14-4-3-9-19(14)2/h3-9,17H,1,10H2,2H3,(H,18,20). The molecule has 0 unspecified atom stereocenters. The summed E-state index contributed by atoms with van der Waals surface area (Å²) in [6.07, 6.45) is 2.22. The molecule has 1 heterocycles. The zero-order valence-corrected chi connectivity index (χ0v) is 11.9. The minimum absolute atomic E-state index is 0.123. The lowest BCUT2D eigenvalue weighted by Crippen LogP contribution is -2.37. The summed E-state index contributed by atoms with van der Waals surface area (Å²) in [4.78, 5) is 11.8. The first kappa shape index (κ1) is 14.2. The van der Waals surface area contributed by atoms with Crippen LogP contribution in [0.2, 0.25) is 5.02 Å². The van der Waals surface area contributed by atoms with Crippen LogP contribution < -0.4 is 10.9 Å². The number of nitrogens with zero attached hydrogens (tertiary/aromatic N) is 1. The molecule has 0 aliphatic rings. The average Bonchev–Trinajstić information content (AvgIpc) is 2.82. The van der Waals surface area contributed by atoms with Gasteiger partial charge in [0.1, 0.15) is 0 Å². The summed E-state index contributed by atoms with van der Waals surface area (Å²) in [7, 11) is 1.91. The van der Waals surface area contributed by atoms with E-state index in [1.807, 2.05) is 42.1 Å². The van der Waals surface area contributed by atoms with Gasteiger partial charge in [0.2, 0.25) is 5.91 Å². The fourth-order valence-electron chi connectivity index (χ4n) is 1.76. The predicted molar refractivity (Wildman–Crippen MR) is 80.9 cm³/mol. The van der Waals surface area contributed by atoms with Crippen LogP contribution in [0.25, 0.3) is 5.70 Å². The highest BCUT2D eigenvalue weighted by Gasteiger charge is 2.06. The van der Waals surface area contributed by atoms with E-state index >= 15 is 0 Å². The first-order valence-electron chi connectivity index (χ1n) is 6.16. The van der Waals surface area contributed by atoms with Crippen LogP contribution in [-0.2, 0) is 18.3 Å². The van der Waals surface area contributed by atoms with E-state index < -0.39 is 0 Å². The van der Waals surface area contributed by atoms with Crippen molar-refractivity contribution in [3.8, 4) is 0 Å². The van der Waals surface area contributed by atoms with Gasteiger partial charge in [-0.3, -0.25) is 15.6 Å². The number of amides is 1. The van der Waals surface area contributed by atoms with Crippen LogP contribution in [-0.4, -0.2) is 10.5 Å². The quantitative estimate of drug-likeness (QED) is 0.831. The average molecular weight is 290 g/mol. The molecule has 1 aromatic heterocycles. The van der Waals surface area contributed by atoms with Crippen molar-refractivity contribution in [2.75, 3.05) is 0 Å². The summed E-state index contributed by atoms with van der Waals surface area (Å²) in [5.74, 6) is -0.123. The second-order valence-corrected chi connectivity index (χ2v) is 4.88. The van der Waals surface area contributed by atoms with Gasteiger partial charge in [-0.15, -0.1) is 0 Å². The van der Waals surface area contributed by atoms with Crippen LogP contribution in [0.5, 0.6) is 0 Å². The highest BCUT2D eigenvalue weighted by molar-refractivity contribution is 6.30. The molecule has 0 aliphatic carbocycles. The van der Waals surface area contributed by atoms with Crippen molar-refractivity contribution in [3.05, 3.63) is 65.5 Å². The van der Waals surface area contributed by atoms with Crippen molar-refractivity contribution in [2.45, 2.75) is 6.42 Å². The molecule has 104 valence electrons. The predicted octanol–water partition coefficient (Wildman–Crippen LogP) is 2.51. The SMILES string of the molecule is C=C(NNC(=O)Cc1cccn1C)c1ccc(Cl)cc1. The molecule has 0 atom stereocenters. The Morgan fingerprint density at radius 2 is 1.95 bits per heavy atom. The lowest BCUT2D eigenvalue weighted by Gasteiger charge is -2.11. The van der Waals surface area contributed by atoms with Gasteiger partial charge in [-0.2, -0.15) is 0 Å². The molecular weight excluding hydrogens is 274 g/mol. The van der Waals surface area contributed by atoms with Gasteiger partial charge < -0.3 is 4.57 Å². The van der Waals surface area contributed by atoms with Crippen molar-refractivity contribution in [1.82, 2.24) is 15.4 Å². The third-order valence-electron chi connectivity index (χ3n) is 2.94. The maximum Gasteiger partial charge on any atom is 0.244 e. The number of aromatic nitrogens is 1. The second kappa shape index (κ2) is 6.30.